The van der Waals surface area contributed by atoms with Gasteiger partial charge in [-0.05, 0) is 18.4 Å². The molecule has 1 heterocycles. The molecule has 0 aliphatic rings. The Hall–Kier alpha value is -0.870. The third kappa shape index (κ3) is 5.84. The molecule has 1 N–H and O–H groups in total. The van der Waals surface area contributed by atoms with Gasteiger partial charge in [0.05, 0.1) is 12.3 Å². The van der Waals surface area contributed by atoms with E-state index in [0.717, 1.165) is 31.9 Å². The molecule has 98 valence electrons. The van der Waals surface area contributed by atoms with Gasteiger partial charge in [-0.2, -0.15) is 5.10 Å². The number of hydrogen-bond donors (Lipinski definition) is 1. The smallest absolute Gasteiger partial charge is 0.0762 e. The Morgan fingerprint density at radius 1 is 1.53 bits per heavy atom. The molecule has 1 rings (SSSR count). The second-order valence-electron chi connectivity index (χ2n) is 4.59. The van der Waals surface area contributed by atoms with Gasteiger partial charge in [-0.3, -0.25) is 4.68 Å². The van der Waals surface area contributed by atoms with E-state index >= 15 is 0 Å². The first-order valence-corrected chi connectivity index (χ1v) is 6.48. The zero-order valence-corrected chi connectivity index (χ0v) is 11.3. The summed E-state index contributed by atoms with van der Waals surface area (Å²) in [7, 11) is 1.71. The molecule has 4 heteroatoms. The molecule has 1 unspecified atom stereocenters. The maximum atomic E-state index is 4.98. The van der Waals surface area contributed by atoms with Crippen molar-refractivity contribution >= 4 is 0 Å². The lowest BCUT2D eigenvalue weighted by molar-refractivity contribution is 0.199. The van der Waals surface area contributed by atoms with Crippen molar-refractivity contribution in [2.75, 3.05) is 20.3 Å². The number of rotatable bonds is 9. The van der Waals surface area contributed by atoms with E-state index in [2.05, 4.69) is 36.5 Å². The highest BCUT2D eigenvalue weighted by Crippen LogP contribution is 2.08. The van der Waals surface area contributed by atoms with Crippen LogP contribution in [0.3, 0.4) is 0 Å². The van der Waals surface area contributed by atoms with Gasteiger partial charge >= 0.3 is 0 Å². The first kappa shape index (κ1) is 14.2. The van der Waals surface area contributed by atoms with E-state index in [1.165, 1.54) is 12.8 Å². The molecule has 0 saturated carbocycles. The minimum absolute atomic E-state index is 0.703. The fourth-order valence-electron chi connectivity index (χ4n) is 1.89. The fraction of sp³-hybridized carbons (Fsp3) is 0.769. The Balaban J connectivity index is 2.27. The zero-order valence-electron chi connectivity index (χ0n) is 11.3. The third-order valence-electron chi connectivity index (χ3n) is 2.77. The molecule has 0 radical (unpaired) electrons. The van der Waals surface area contributed by atoms with Crippen molar-refractivity contribution in [3.63, 3.8) is 0 Å². The van der Waals surface area contributed by atoms with Gasteiger partial charge in [0.1, 0.15) is 0 Å². The molecule has 4 nitrogen and oxygen atoms in total. The molecule has 0 amide bonds. The van der Waals surface area contributed by atoms with E-state index in [-0.39, 0.29) is 0 Å². The summed E-state index contributed by atoms with van der Waals surface area (Å²) in [5.41, 5.74) is 1.10. The number of methoxy groups -OCH3 is 1. The van der Waals surface area contributed by atoms with E-state index < -0.39 is 0 Å². The second-order valence-corrected chi connectivity index (χ2v) is 4.59. The van der Waals surface area contributed by atoms with E-state index in [4.69, 9.17) is 4.74 Å². The van der Waals surface area contributed by atoms with Gasteiger partial charge in [0.15, 0.2) is 0 Å². The molecule has 0 bridgehead atoms. The van der Waals surface area contributed by atoms with Crippen LogP contribution < -0.4 is 5.32 Å². The van der Waals surface area contributed by atoms with Crippen molar-refractivity contribution in [2.24, 2.45) is 5.92 Å². The standard InChI is InChI=1S/C13H25N3O/c1-4-5-12(2)11-16-8-6-13(15-16)10-14-7-9-17-3/h6,8,12,14H,4-5,7,9-11H2,1-3H3. The number of ether oxygens (including phenoxy) is 1. The van der Waals surface area contributed by atoms with Gasteiger partial charge in [0.25, 0.3) is 0 Å². The number of nitrogens with zero attached hydrogens (tertiary/aromatic N) is 2. The lowest BCUT2D eigenvalue weighted by Gasteiger charge is -2.09. The van der Waals surface area contributed by atoms with Gasteiger partial charge in [0.2, 0.25) is 0 Å². The Bertz CT molecular complexity index is 299. The van der Waals surface area contributed by atoms with Gasteiger partial charge in [-0.15, -0.1) is 0 Å². The first-order valence-electron chi connectivity index (χ1n) is 6.48. The summed E-state index contributed by atoms with van der Waals surface area (Å²) in [5, 5.41) is 7.84. The summed E-state index contributed by atoms with van der Waals surface area (Å²) in [4.78, 5) is 0. The van der Waals surface area contributed by atoms with Crippen molar-refractivity contribution in [2.45, 2.75) is 39.8 Å². The molecule has 0 aliphatic carbocycles. The lowest BCUT2D eigenvalue weighted by Crippen LogP contribution is -2.19. The normalized spacial score (nSPS) is 12.9. The molecule has 0 fully saturated rings. The minimum atomic E-state index is 0.703. The molecular weight excluding hydrogens is 214 g/mol. The van der Waals surface area contributed by atoms with Crippen LogP contribution in [0.15, 0.2) is 12.3 Å². The van der Waals surface area contributed by atoms with Crippen LogP contribution in [0.25, 0.3) is 0 Å². The van der Waals surface area contributed by atoms with Crippen LogP contribution in [0.2, 0.25) is 0 Å². The van der Waals surface area contributed by atoms with Gasteiger partial charge in [0, 0.05) is 32.9 Å². The van der Waals surface area contributed by atoms with Crippen LogP contribution in [0.5, 0.6) is 0 Å². The monoisotopic (exact) mass is 239 g/mol. The number of aromatic nitrogens is 2. The van der Waals surface area contributed by atoms with Crippen molar-refractivity contribution in [1.82, 2.24) is 15.1 Å². The highest BCUT2D eigenvalue weighted by molar-refractivity contribution is 4.98. The summed E-state index contributed by atoms with van der Waals surface area (Å²) in [6.45, 7) is 7.96. The average molecular weight is 239 g/mol. The predicted molar refractivity (Wildman–Crippen MR) is 69.9 cm³/mol. The summed E-state index contributed by atoms with van der Waals surface area (Å²) in [6.07, 6.45) is 4.58. The van der Waals surface area contributed by atoms with Crippen LogP contribution in [-0.4, -0.2) is 30.0 Å². The average Bonchev–Trinajstić information content (AvgIpc) is 2.72. The van der Waals surface area contributed by atoms with Crippen LogP contribution >= 0.6 is 0 Å². The van der Waals surface area contributed by atoms with Crippen molar-refractivity contribution in [1.29, 1.82) is 0 Å². The van der Waals surface area contributed by atoms with Gasteiger partial charge in [-0.25, -0.2) is 0 Å². The van der Waals surface area contributed by atoms with Crippen molar-refractivity contribution in [3.8, 4) is 0 Å². The molecule has 1 aromatic heterocycles. The second kappa shape index (κ2) is 8.25. The van der Waals surface area contributed by atoms with Gasteiger partial charge < -0.3 is 10.1 Å². The largest absolute Gasteiger partial charge is 0.383 e. The fourth-order valence-corrected chi connectivity index (χ4v) is 1.89. The Morgan fingerprint density at radius 3 is 3.06 bits per heavy atom. The highest BCUT2D eigenvalue weighted by atomic mass is 16.5. The predicted octanol–water partition coefficient (Wildman–Crippen LogP) is 2.06. The van der Waals surface area contributed by atoms with E-state index in [0.29, 0.717) is 5.92 Å². The zero-order chi connectivity index (χ0) is 12.5. The molecule has 1 atom stereocenters. The lowest BCUT2D eigenvalue weighted by atomic mass is 10.1. The van der Waals surface area contributed by atoms with E-state index in [9.17, 15) is 0 Å². The van der Waals surface area contributed by atoms with Crippen LogP contribution in [0.1, 0.15) is 32.4 Å². The Morgan fingerprint density at radius 2 is 2.35 bits per heavy atom. The molecule has 0 aliphatic heterocycles. The molecule has 1 aromatic rings. The van der Waals surface area contributed by atoms with Crippen LogP contribution in [0.4, 0.5) is 0 Å². The number of hydrogen-bond acceptors (Lipinski definition) is 3. The highest BCUT2D eigenvalue weighted by Gasteiger charge is 2.03. The Kier molecular flexibility index (Phi) is 6.89. The number of nitrogens with one attached hydrogen (secondary N) is 1. The molecule has 17 heavy (non-hydrogen) atoms. The minimum Gasteiger partial charge on any atom is -0.383 e. The maximum Gasteiger partial charge on any atom is 0.0762 e. The van der Waals surface area contributed by atoms with E-state index in [1.807, 2.05) is 4.68 Å². The molecule has 0 spiro atoms. The SMILES string of the molecule is CCCC(C)Cn1ccc(CNCCOC)n1. The van der Waals surface area contributed by atoms with Crippen molar-refractivity contribution in [3.05, 3.63) is 18.0 Å². The molecule has 0 aromatic carbocycles. The summed E-state index contributed by atoms with van der Waals surface area (Å²) >= 11 is 0. The first-order chi connectivity index (χ1) is 8.26. The molecular formula is C13H25N3O. The Labute approximate surface area is 104 Å². The van der Waals surface area contributed by atoms with Crippen molar-refractivity contribution < 1.29 is 4.74 Å². The third-order valence-corrected chi connectivity index (χ3v) is 2.77. The molecule has 0 saturated heterocycles. The van der Waals surface area contributed by atoms with Gasteiger partial charge in [-0.1, -0.05) is 20.3 Å². The van der Waals surface area contributed by atoms with E-state index in [1.54, 1.807) is 7.11 Å². The van der Waals surface area contributed by atoms with Crippen LogP contribution in [-0.2, 0) is 17.8 Å². The van der Waals surface area contributed by atoms with Crippen LogP contribution in [0, 0.1) is 5.92 Å². The maximum absolute atomic E-state index is 4.98. The summed E-state index contributed by atoms with van der Waals surface area (Å²) in [6, 6.07) is 2.08. The quantitative estimate of drug-likeness (QED) is 0.670. The summed E-state index contributed by atoms with van der Waals surface area (Å²) < 4.78 is 7.03. The topological polar surface area (TPSA) is 39.1 Å². The summed E-state index contributed by atoms with van der Waals surface area (Å²) in [5.74, 6) is 0.703.